The molecule has 0 saturated heterocycles. The number of amides is 1. The number of nitro benzene ring substituents is 1. The number of carbonyl (C=O) groups excluding carboxylic acids is 2. The Labute approximate surface area is 192 Å². The molecule has 2 aromatic carbocycles. The quantitative estimate of drug-likeness (QED) is 0.380. The molecule has 2 aliphatic carbocycles. The number of aryl methyl sites for hydroxylation is 1. The van der Waals surface area contributed by atoms with E-state index in [0.29, 0.717) is 29.8 Å². The Morgan fingerprint density at radius 3 is 2.27 bits per heavy atom. The number of nitrogens with zero attached hydrogens (tertiary/aromatic N) is 2. The number of hydrogen-bond donors (Lipinski definition) is 1. The first-order valence-corrected chi connectivity index (χ1v) is 10.9. The van der Waals surface area contributed by atoms with Crippen LogP contribution in [0.5, 0.6) is 0 Å². The van der Waals surface area contributed by atoms with Crippen molar-refractivity contribution in [2.24, 2.45) is 21.4 Å². The summed E-state index contributed by atoms with van der Waals surface area (Å²) in [4.78, 5) is 41.7. The van der Waals surface area contributed by atoms with Crippen molar-refractivity contribution >= 4 is 29.0 Å². The number of benzene rings is 2. The second-order valence-electron chi connectivity index (χ2n) is 9.76. The number of carbonyl (C=O) groups is 2. The molecule has 2 atom stereocenters. The summed E-state index contributed by atoms with van der Waals surface area (Å²) < 4.78 is 0. The minimum absolute atomic E-state index is 0.0365. The normalized spacial score (nSPS) is 26.2. The van der Waals surface area contributed by atoms with Gasteiger partial charge in [0.2, 0.25) is 5.91 Å². The summed E-state index contributed by atoms with van der Waals surface area (Å²) in [6.07, 6.45) is 1.81. The zero-order valence-corrected chi connectivity index (χ0v) is 19.2. The molecule has 0 aromatic heterocycles. The lowest BCUT2D eigenvalue weighted by molar-refractivity contribution is -0.384. The number of nitrogens with one attached hydrogen (secondary N) is 1. The molecule has 0 spiro atoms. The highest BCUT2D eigenvalue weighted by atomic mass is 16.7. The number of nitro groups is 1. The van der Waals surface area contributed by atoms with Crippen molar-refractivity contribution < 1.29 is 19.3 Å². The van der Waals surface area contributed by atoms with Gasteiger partial charge >= 0.3 is 5.97 Å². The minimum Gasteiger partial charge on any atom is -0.326 e. The molecule has 8 nitrogen and oxygen atoms in total. The fraction of sp³-hybridized carbons (Fsp3) is 0.400. The van der Waals surface area contributed by atoms with Gasteiger partial charge in [0.25, 0.3) is 5.69 Å². The zero-order valence-electron chi connectivity index (χ0n) is 19.2. The fourth-order valence-electron chi connectivity index (χ4n) is 5.28. The smallest absolute Gasteiger partial charge is 0.326 e. The van der Waals surface area contributed by atoms with Crippen molar-refractivity contribution in [3.8, 4) is 0 Å². The predicted molar refractivity (Wildman–Crippen MR) is 124 cm³/mol. The molecule has 2 saturated carbocycles. The molecule has 0 aliphatic heterocycles. The van der Waals surface area contributed by atoms with Crippen LogP contribution < -0.4 is 5.32 Å². The topological polar surface area (TPSA) is 111 Å². The Morgan fingerprint density at radius 1 is 1.03 bits per heavy atom. The molecule has 172 valence electrons. The Kier molecular flexibility index (Phi) is 5.35. The third kappa shape index (κ3) is 3.50. The summed E-state index contributed by atoms with van der Waals surface area (Å²) >= 11 is 0. The summed E-state index contributed by atoms with van der Waals surface area (Å²) in [6, 6.07) is 12.9. The summed E-state index contributed by atoms with van der Waals surface area (Å²) in [5, 5.41) is 18.1. The molecular formula is C25H27N3O5. The highest BCUT2D eigenvalue weighted by molar-refractivity contribution is 6.06. The maximum atomic E-state index is 13.5. The van der Waals surface area contributed by atoms with Crippen LogP contribution in [0.4, 0.5) is 11.4 Å². The van der Waals surface area contributed by atoms with E-state index in [1.807, 2.05) is 19.1 Å². The van der Waals surface area contributed by atoms with Gasteiger partial charge < -0.3 is 10.2 Å². The molecular weight excluding hydrogens is 422 g/mol. The number of oxime groups is 1. The first-order valence-electron chi connectivity index (χ1n) is 10.9. The van der Waals surface area contributed by atoms with Crippen molar-refractivity contribution in [2.45, 2.75) is 47.0 Å². The van der Waals surface area contributed by atoms with Crippen molar-refractivity contribution in [3.05, 3.63) is 69.8 Å². The fourth-order valence-corrected chi connectivity index (χ4v) is 5.28. The van der Waals surface area contributed by atoms with Crippen LogP contribution in [-0.2, 0) is 9.63 Å². The van der Waals surface area contributed by atoms with Crippen LogP contribution in [-0.4, -0.2) is 22.5 Å². The van der Waals surface area contributed by atoms with Crippen LogP contribution in [0.25, 0.3) is 0 Å². The molecule has 0 radical (unpaired) electrons. The maximum Gasteiger partial charge on any atom is 0.365 e. The summed E-state index contributed by atoms with van der Waals surface area (Å²) in [5.41, 5.74) is 1.08. The largest absolute Gasteiger partial charge is 0.365 e. The van der Waals surface area contributed by atoms with Gasteiger partial charge in [0.1, 0.15) is 0 Å². The van der Waals surface area contributed by atoms with Crippen molar-refractivity contribution in [1.29, 1.82) is 0 Å². The van der Waals surface area contributed by atoms with Crippen LogP contribution in [0.2, 0.25) is 0 Å². The monoisotopic (exact) mass is 449 g/mol. The molecule has 2 bridgehead atoms. The molecule has 1 N–H and O–H groups in total. The van der Waals surface area contributed by atoms with Crippen molar-refractivity contribution in [2.75, 3.05) is 5.32 Å². The van der Waals surface area contributed by atoms with Crippen LogP contribution in [0.3, 0.4) is 0 Å². The van der Waals surface area contributed by atoms with E-state index < -0.39 is 27.1 Å². The van der Waals surface area contributed by atoms with Gasteiger partial charge in [-0.2, -0.15) is 0 Å². The van der Waals surface area contributed by atoms with E-state index in [-0.39, 0.29) is 11.6 Å². The van der Waals surface area contributed by atoms with E-state index >= 15 is 0 Å². The first kappa shape index (κ1) is 22.6. The van der Waals surface area contributed by atoms with Gasteiger partial charge in [-0.05, 0) is 49.4 Å². The van der Waals surface area contributed by atoms with Crippen LogP contribution in [0, 0.1) is 33.3 Å². The van der Waals surface area contributed by atoms with Gasteiger partial charge in [0, 0.05) is 29.7 Å². The second-order valence-corrected chi connectivity index (χ2v) is 9.76. The van der Waals surface area contributed by atoms with E-state index in [1.54, 1.807) is 12.1 Å². The van der Waals surface area contributed by atoms with Crippen LogP contribution >= 0.6 is 0 Å². The standard InChI is InChI=1S/C25H27N3O5/c1-16-5-7-17(8-6-16)21(29)33-27-20-15-25(14-13-24(20,4)23(25,2)3)22(30)26-18-9-11-19(12-10-18)28(31)32/h5-12H,13-15H2,1-4H3,(H,26,30). The highest BCUT2D eigenvalue weighted by Gasteiger charge is 2.71. The van der Waals surface area contributed by atoms with E-state index in [0.717, 1.165) is 12.0 Å². The number of anilines is 1. The minimum atomic E-state index is -0.724. The van der Waals surface area contributed by atoms with Crippen molar-refractivity contribution in [1.82, 2.24) is 0 Å². The van der Waals surface area contributed by atoms with E-state index in [9.17, 15) is 19.7 Å². The molecule has 2 fully saturated rings. The third-order valence-corrected chi connectivity index (χ3v) is 8.03. The Bertz CT molecular complexity index is 1150. The Hall–Kier alpha value is -3.55. The van der Waals surface area contributed by atoms with E-state index in [4.69, 9.17) is 4.84 Å². The number of non-ortho nitro benzene ring substituents is 1. The second kappa shape index (κ2) is 7.79. The maximum absolute atomic E-state index is 13.5. The van der Waals surface area contributed by atoms with Gasteiger partial charge in [-0.1, -0.05) is 43.6 Å². The molecule has 2 aliphatic rings. The molecule has 2 unspecified atom stereocenters. The molecule has 33 heavy (non-hydrogen) atoms. The number of hydrogen-bond acceptors (Lipinski definition) is 6. The molecule has 0 heterocycles. The van der Waals surface area contributed by atoms with Crippen molar-refractivity contribution in [3.63, 3.8) is 0 Å². The summed E-state index contributed by atoms with van der Waals surface area (Å²) in [6.45, 7) is 8.12. The summed E-state index contributed by atoms with van der Waals surface area (Å²) in [7, 11) is 0. The van der Waals surface area contributed by atoms with Gasteiger partial charge in [-0.3, -0.25) is 14.9 Å². The zero-order chi connectivity index (χ0) is 24.0. The lowest BCUT2D eigenvalue weighted by Gasteiger charge is -2.39. The van der Waals surface area contributed by atoms with Gasteiger partial charge in [0.05, 0.1) is 21.6 Å². The van der Waals surface area contributed by atoms with Gasteiger partial charge in [-0.15, -0.1) is 0 Å². The van der Waals surface area contributed by atoms with Gasteiger partial charge in [-0.25, -0.2) is 4.79 Å². The first-order chi connectivity index (χ1) is 15.5. The van der Waals surface area contributed by atoms with Gasteiger partial charge in [0.15, 0.2) is 0 Å². The van der Waals surface area contributed by atoms with Crippen LogP contribution in [0.1, 0.15) is 56.0 Å². The Morgan fingerprint density at radius 2 is 1.67 bits per heavy atom. The molecule has 4 rings (SSSR count). The summed E-state index contributed by atoms with van der Waals surface area (Å²) in [5.74, 6) is -0.684. The molecule has 2 aromatic rings. The molecule has 1 amide bonds. The molecule has 8 heteroatoms. The third-order valence-electron chi connectivity index (χ3n) is 8.03. The number of fused-ring (bicyclic) bond motifs is 2. The van der Waals surface area contributed by atoms with E-state index in [2.05, 4.69) is 31.2 Å². The average Bonchev–Trinajstić information content (AvgIpc) is 3.09. The van der Waals surface area contributed by atoms with E-state index in [1.165, 1.54) is 24.3 Å². The highest BCUT2D eigenvalue weighted by Crippen LogP contribution is 2.71. The van der Waals surface area contributed by atoms with Crippen LogP contribution in [0.15, 0.2) is 53.7 Å². The SMILES string of the molecule is Cc1ccc(C(=O)ON=C2CC3(C(=O)Nc4ccc([N+](=O)[O-])cc4)CCC2(C)C3(C)C)cc1. The lowest BCUT2D eigenvalue weighted by atomic mass is 9.64. The lowest BCUT2D eigenvalue weighted by Crippen LogP contribution is -2.43. The Balaban J connectivity index is 1.56. The average molecular weight is 450 g/mol. The number of rotatable bonds is 5. The predicted octanol–water partition coefficient (Wildman–Crippen LogP) is 5.27.